The first-order valence-corrected chi connectivity index (χ1v) is 7.45. The average Bonchev–Trinajstić information content (AvgIpc) is 2.45. The van der Waals surface area contributed by atoms with Gasteiger partial charge in [0.15, 0.2) is 0 Å². The number of benzene rings is 1. The molecule has 0 unspecified atom stereocenters. The molecule has 1 aliphatic heterocycles. The van der Waals surface area contributed by atoms with Crippen molar-refractivity contribution in [2.24, 2.45) is 0 Å². The maximum absolute atomic E-state index is 12.8. The molecule has 0 N–H and O–H groups in total. The van der Waals surface area contributed by atoms with Gasteiger partial charge in [-0.3, -0.25) is 9.59 Å². The first-order chi connectivity index (χ1) is 9.82. The molecule has 0 atom stereocenters. The number of piperazine rings is 1. The first-order valence-electron chi connectivity index (χ1n) is 7.45. The highest BCUT2D eigenvalue weighted by atomic mass is 16.2. The molecule has 0 aliphatic carbocycles. The highest BCUT2D eigenvalue weighted by molar-refractivity contribution is 5.98. The van der Waals surface area contributed by atoms with Gasteiger partial charge in [-0.15, -0.1) is 0 Å². The standard InChI is InChI=1S/C17H24N2O2/c1-11-10-12(2)14(4)16(13(11)3)17(21)19-8-6-18(7-9-19)15(5)20/h10H,6-9H2,1-5H3. The fraction of sp³-hybridized carbons (Fsp3) is 0.529. The van der Waals surface area contributed by atoms with E-state index in [2.05, 4.69) is 6.07 Å². The van der Waals surface area contributed by atoms with E-state index in [9.17, 15) is 9.59 Å². The van der Waals surface area contributed by atoms with Crippen molar-refractivity contribution in [2.75, 3.05) is 26.2 Å². The van der Waals surface area contributed by atoms with Crippen molar-refractivity contribution in [2.45, 2.75) is 34.6 Å². The molecular formula is C17H24N2O2. The van der Waals surface area contributed by atoms with Crippen LogP contribution in [0, 0.1) is 27.7 Å². The van der Waals surface area contributed by atoms with E-state index in [0.717, 1.165) is 27.8 Å². The van der Waals surface area contributed by atoms with Crippen LogP contribution in [-0.4, -0.2) is 47.8 Å². The maximum Gasteiger partial charge on any atom is 0.254 e. The fourth-order valence-corrected chi connectivity index (χ4v) is 2.92. The lowest BCUT2D eigenvalue weighted by Gasteiger charge is -2.35. The van der Waals surface area contributed by atoms with Crippen molar-refractivity contribution in [3.8, 4) is 0 Å². The van der Waals surface area contributed by atoms with Gasteiger partial charge in [0.05, 0.1) is 0 Å². The summed E-state index contributed by atoms with van der Waals surface area (Å²) in [5, 5.41) is 0. The molecule has 0 bridgehead atoms. The van der Waals surface area contributed by atoms with Gasteiger partial charge < -0.3 is 9.80 Å². The number of nitrogens with zero attached hydrogens (tertiary/aromatic N) is 2. The zero-order chi connectivity index (χ0) is 15.7. The predicted molar refractivity (Wildman–Crippen MR) is 83.5 cm³/mol. The number of rotatable bonds is 1. The van der Waals surface area contributed by atoms with Crippen LogP contribution in [0.3, 0.4) is 0 Å². The van der Waals surface area contributed by atoms with E-state index in [0.29, 0.717) is 26.2 Å². The predicted octanol–water partition coefficient (Wildman–Crippen LogP) is 2.22. The second-order valence-electron chi connectivity index (χ2n) is 5.93. The molecule has 1 aromatic carbocycles. The van der Waals surface area contributed by atoms with Gasteiger partial charge in [-0.2, -0.15) is 0 Å². The summed E-state index contributed by atoms with van der Waals surface area (Å²) in [7, 11) is 0. The Bertz CT molecular complexity index is 559. The van der Waals surface area contributed by atoms with E-state index >= 15 is 0 Å². The molecular weight excluding hydrogens is 264 g/mol. The second-order valence-corrected chi connectivity index (χ2v) is 5.93. The molecule has 0 radical (unpaired) electrons. The average molecular weight is 288 g/mol. The highest BCUT2D eigenvalue weighted by Gasteiger charge is 2.26. The second kappa shape index (κ2) is 5.88. The molecule has 4 heteroatoms. The van der Waals surface area contributed by atoms with Crippen LogP contribution in [0.2, 0.25) is 0 Å². The van der Waals surface area contributed by atoms with E-state index in [1.54, 1.807) is 11.8 Å². The van der Waals surface area contributed by atoms with Crippen LogP contribution in [0.1, 0.15) is 39.5 Å². The van der Waals surface area contributed by atoms with Gasteiger partial charge in [-0.05, 0) is 49.9 Å². The monoisotopic (exact) mass is 288 g/mol. The summed E-state index contributed by atoms with van der Waals surface area (Å²) < 4.78 is 0. The lowest BCUT2D eigenvalue weighted by atomic mass is 9.93. The minimum atomic E-state index is 0.0841. The smallest absolute Gasteiger partial charge is 0.254 e. The third kappa shape index (κ3) is 2.94. The quantitative estimate of drug-likeness (QED) is 0.795. The van der Waals surface area contributed by atoms with Gasteiger partial charge >= 0.3 is 0 Å². The van der Waals surface area contributed by atoms with Crippen molar-refractivity contribution < 1.29 is 9.59 Å². The van der Waals surface area contributed by atoms with Crippen LogP contribution in [0.15, 0.2) is 6.07 Å². The summed E-state index contributed by atoms with van der Waals surface area (Å²) in [6.07, 6.45) is 0. The number of carbonyl (C=O) groups is 2. The van der Waals surface area contributed by atoms with Gasteiger partial charge in [0, 0.05) is 38.7 Å². The van der Waals surface area contributed by atoms with Crippen LogP contribution in [-0.2, 0) is 4.79 Å². The Labute approximate surface area is 126 Å². The Morgan fingerprint density at radius 3 is 1.71 bits per heavy atom. The summed E-state index contributed by atoms with van der Waals surface area (Å²) in [6.45, 7) is 12.2. The van der Waals surface area contributed by atoms with Crippen molar-refractivity contribution in [3.63, 3.8) is 0 Å². The topological polar surface area (TPSA) is 40.6 Å². The lowest BCUT2D eigenvalue weighted by Crippen LogP contribution is -2.50. The first kappa shape index (κ1) is 15.5. The van der Waals surface area contributed by atoms with Gasteiger partial charge in [0.2, 0.25) is 5.91 Å². The van der Waals surface area contributed by atoms with Crippen molar-refractivity contribution in [1.82, 2.24) is 9.80 Å². The third-order valence-electron chi connectivity index (χ3n) is 4.59. The molecule has 21 heavy (non-hydrogen) atoms. The zero-order valence-electron chi connectivity index (χ0n) is 13.6. The summed E-state index contributed by atoms with van der Waals surface area (Å²) in [5.41, 5.74) is 5.28. The largest absolute Gasteiger partial charge is 0.339 e. The molecule has 114 valence electrons. The molecule has 0 saturated carbocycles. The van der Waals surface area contributed by atoms with Crippen LogP contribution < -0.4 is 0 Å². The molecule has 0 aromatic heterocycles. The summed E-state index contributed by atoms with van der Waals surface area (Å²) in [6, 6.07) is 2.13. The van der Waals surface area contributed by atoms with Crippen LogP contribution in [0.5, 0.6) is 0 Å². The van der Waals surface area contributed by atoms with E-state index in [4.69, 9.17) is 0 Å². The lowest BCUT2D eigenvalue weighted by molar-refractivity contribution is -0.130. The highest BCUT2D eigenvalue weighted by Crippen LogP contribution is 2.23. The SMILES string of the molecule is CC(=O)N1CCN(C(=O)c2c(C)c(C)cc(C)c2C)CC1. The molecule has 4 nitrogen and oxygen atoms in total. The molecule has 2 rings (SSSR count). The number of hydrogen-bond donors (Lipinski definition) is 0. The number of hydrogen-bond acceptors (Lipinski definition) is 2. The molecule has 1 saturated heterocycles. The number of amides is 2. The summed E-state index contributed by atoms with van der Waals surface area (Å²) in [5.74, 6) is 0.181. The Morgan fingerprint density at radius 2 is 1.29 bits per heavy atom. The number of carbonyl (C=O) groups excluding carboxylic acids is 2. The minimum absolute atomic E-state index is 0.0841. The molecule has 1 aromatic rings. The van der Waals surface area contributed by atoms with Crippen LogP contribution in [0.4, 0.5) is 0 Å². The molecule has 1 aliphatic rings. The maximum atomic E-state index is 12.8. The van der Waals surface area contributed by atoms with Crippen LogP contribution in [0.25, 0.3) is 0 Å². The van der Waals surface area contributed by atoms with Gasteiger partial charge in [-0.1, -0.05) is 6.07 Å². The zero-order valence-corrected chi connectivity index (χ0v) is 13.6. The minimum Gasteiger partial charge on any atom is -0.339 e. The van der Waals surface area contributed by atoms with E-state index in [1.807, 2.05) is 32.6 Å². The van der Waals surface area contributed by atoms with E-state index < -0.39 is 0 Å². The normalized spacial score (nSPS) is 15.3. The van der Waals surface area contributed by atoms with Crippen molar-refractivity contribution in [1.29, 1.82) is 0 Å². The summed E-state index contributed by atoms with van der Waals surface area (Å²) >= 11 is 0. The Balaban J connectivity index is 2.24. The van der Waals surface area contributed by atoms with Crippen LogP contribution >= 0.6 is 0 Å². The fourth-order valence-electron chi connectivity index (χ4n) is 2.92. The van der Waals surface area contributed by atoms with Crippen molar-refractivity contribution in [3.05, 3.63) is 33.9 Å². The van der Waals surface area contributed by atoms with E-state index in [1.165, 1.54) is 0 Å². The molecule has 0 spiro atoms. The Hall–Kier alpha value is -1.84. The Morgan fingerprint density at radius 1 is 0.857 bits per heavy atom. The molecule has 1 fully saturated rings. The van der Waals surface area contributed by atoms with Crippen molar-refractivity contribution >= 4 is 11.8 Å². The number of aryl methyl sites for hydroxylation is 2. The molecule has 1 heterocycles. The van der Waals surface area contributed by atoms with Gasteiger partial charge in [-0.25, -0.2) is 0 Å². The van der Waals surface area contributed by atoms with Gasteiger partial charge in [0.1, 0.15) is 0 Å². The van der Waals surface area contributed by atoms with Gasteiger partial charge in [0.25, 0.3) is 5.91 Å². The van der Waals surface area contributed by atoms with E-state index in [-0.39, 0.29) is 11.8 Å². The summed E-state index contributed by atoms with van der Waals surface area (Å²) in [4.78, 5) is 27.9. The Kier molecular flexibility index (Phi) is 4.35. The molecule has 2 amide bonds. The third-order valence-corrected chi connectivity index (χ3v) is 4.59.